The molecule has 0 fully saturated rings. The van der Waals surface area contributed by atoms with Crippen molar-refractivity contribution in [3.8, 4) is 11.5 Å². The van der Waals surface area contributed by atoms with Crippen molar-refractivity contribution >= 4 is 33.5 Å². The number of para-hydroxylation sites is 2. The van der Waals surface area contributed by atoms with Crippen molar-refractivity contribution in [2.75, 3.05) is 12.4 Å². The Kier molecular flexibility index (Phi) is 3.53. The molecule has 1 amide bonds. The summed E-state index contributed by atoms with van der Waals surface area (Å²) in [4.78, 5) is 12.7. The number of hydrogen-bond acceptors (Lipinski definition) is 4. The molecule has 3 aromatic carbocycles. The van der Waals surface area contributed by atoms with Crippen molar-refractivity contribution in [1.82, 2.24) is 0 Å². The normalized spacial score (nSPS) is 15.5. The second-order valence-corrected chi connectivity index (χ2v) is 6.55. The summed E-state index contributed by atoms with van der Waals surface area (Å²) in [6.07, 6.45) is -0.00418. The minimum absolute atomic E-state index is 0.208. The number of carbonyl (C=O) groups is 1. The highest BCUT2D eigenvalue weighted by Crippen LogP contribution is 2.37. The Hall–Kier alpha value is -3.47. The van der Waals surface area contributed by atoms with Gasteiger partial charge in [0, 0.05) is 23.3 Å². The van der Waals surface area contributed by atoms with E-state index in [0.717, 1.165) is 27.7 Å². The van der Waals surface area contributed by atoms with Gasteiger partial charge in [-0.1, -0.05) is 36.4 Å². The molecular weight excluding hydrogens is 342 g/mol. The van der Waals surface area contributed by atoms with Crippen LogP contribution < -0.4 is 14.8 Å². The lowest BCUT2D eigenvalue weighted by atomic mass is 10.1. The summed E-state index contributed by atoms with van der Waals surface area (Å²) in [7, 11) is 1.58. The van der Waals surface area contributed by atoms with Crippen molar-refractivity contribution in [2.45, 2.75) is 12.5 Å². The Labute approximate surface area is 155 Å². The summed E-state index contributed by atoms with van der Waals surface area (Å²) in [6.45, 7) is 0. The Morgan fingerprint density at radius 1 is 1.04 bits per heavy atom. The average molecular weight is 359 g/mol. The Bertz CT molecular complexity index is 1150. The van der Waals surface area contributed by atoms with Crippen molar-refractivity contribution < 1.29 is 18.7 Å². The van der Waals surface area contributed by atoms with E-state index in [-0.39, 0.29) is 5.91 Å². The van der Waals surface area contributed by atoms with E-state index in [1.165, 1.54) is 0 Å². The van der Waals surface area contributed by atoms with Gasteiger partial charge < -0.3 is 19.2 Å². The average Bonchev–Trinajstić information content (AvgIpc) is 3.28. The van der Waals surface area contributed by atoms with Crippen LogP contribution in [0, 0.1) is 0 Å². The highest BCUT2D eigenvalue weighted by Gasteiger charge is 2.29. The Morgan fingerprint density at radius 3 is 2.70 bits per heavy atom. The fourth-order valence-corrected chi connectivity index (χ4v) is 3.56. The highest BCUT2D eigenvalue weighted by molar-refractivity contribution is 6.08. The molecule has 5 rings (SSSR count). The van der Waals surface area contributed by atoms with E-state index >= 15 is 0 Å². The smallest absolute Gasteiger partial charge is 0.265 e. The third-order valence-corrected chi connectivity index (χ3v) is 4.90. The molecule has 1 N–H and O–H groups in total. The molecule has 0 saturated heterocycles. The van der Waals surface area contributed by atoms with Crippen LogP contribution in [0.2, 0.25) is 0 Å². The number of carbonyl (C=O) groups excluding carboxylic acids is 1. The number of furan rings is 1. The van der Waals surface area contributed by atoms with Crippen LogP contribution in [0.4, 0.5) is 5.69 Å². The zero-order valence-electron chi connectivity index (χ0n) is 14.7. The molecule has 5 heteroatoms. The quantitative estimate of drug-likeness (QED) is 0.583. The van der Waals surface area contributed by atoms with Gasteiger partial charge in [-0.15, -0.1) is 0 Å². The minimum Gasteiger partial charge on any atom is -0.495 e. The molecule has 1 aliphatic heterocycles. The number of amides is 1. The number of ether oxygens (including phenoxy) is 2. The van der Waals surface area contributed by atoms with Gasteiger partial charge >= 0.3 is 0 Å². The van der Waals surface area contributed by atoms with Gasteiger partial charge in [0.15, 0.2) is 6.10 Å². The van der Waals surface area contributed by atoms with Crippen LogP contribution in [0.15, 0.2) is 65.1 Å². The van der Waals surface area contributed by atoms with Gasteiger partial charge in [0.05, 0.1) is 12.8 Å². The first-order valence-corrected chi connectivity index (χ1v) is 8.77. The van der Waals surface area contributed by atoms with E-state index in [9.17, 15) is 4.79 Å². The summed E-state index contributed by atoms with van der Waals surface area (Å²) in [5.74, 6) is 1.13. The molecule has 0 aliphatic carbocycles. The maximum Gasteiger partial charge on any atom is 0.265 e. The number of nitrogens with one attached hydrogen (secondary N) is 1. The molecule has 2 heterocycles. The number of rotatable bonds is 3. The van der Waals surface area contributed by atoms with Crippen molar-refractivity contribution in [2.24, 2.45) is 0 Å². The van der Waals surface area contributed by atoms with Gasteiger partial charge in [-0.25, -0.2) is 0 Å². The number of benzene rings is 3. The molecule has 27 heavy (non-hydrogen) atoms. The predicted molar refractivity (Wildman–Crippen MR) is 103 cm³/mol. The van der Waals surface area contributed by atoms with Crippen LogP contribution >= 0.6 is 0 Å². The third-order valence-electron chi connectivity index (χ3n) is 4.90. The summed E-state index contributed by atoms with van der Waals surface area (Å²) in [6, 6.07) is 19.2. The Morgan fingerprint density at radius 2 is 1.85 bits per heavy atom. The molecule has 1 atom stereocenters. The van der Waals surface area contributed by atoms with Gasteiger partial charge in [0.2, 0.25) is 0 Å². The van der Waals surface area contributed by atoms with Gasteiger partial charge in [-0.3, -0.25) is 4.79 Å². The number of methoxy groups -OCH3 is 1. The van der Waals surface area contributed by atoms with Crippen LogP contribution in [0.3, 0.4) is 0 Å². The summed E-state index contributed by atoms with van der Waals surface area (Å²) in [5, 5.41) is 4.89. The summed E-state index contributed by atoms with van der Waals surface area (Å²) < 4.78 is 17.2. The molecule has 1 aliphatic rings. The van der Waals surface area contributed by atoms with E-state index in [2.05, 4.69) is 5.32 Å². The largest absolute Gasteiger partial charge is 0.495 e. The fraction of sp³-hybridized carbons (Fsp3) is 0.136. The first kappa shape index (κ1) is 15.8. The second kappa shape index (κ2) is 6.06. The number of fused-ring (bicyclic) bond motifs is 4. The monoisotopic (exact) mass is 359 g/mol. The first-order valence-electron chi connectivity index (χ1n) is 8.77. The molecule has 0 radical (unpaired) electrons. The molecule has 4 aromatic rings. The maximum atomic E-state index is 12.7. The van der Waals surface area contributed by atoms with Crippen LogP contribution in [0.5, 0.6) is 11.5 Å². The third kappa shape index (κ3) is 2.59. The van der Waals surface area contributed by atoms with Gasteiger partial charge in [0.25, 0.3) is 5.91 Å². The van der Waals surface area contributed by atoms with E-state index in [0.29, 0.717) is 23.4 Å². The van der Waals surface area contributed by atoms with Crippen LogP contribution in [-0.2, 0) is 11.2 Å². The van der Waals surface area contributed by atoms with Gasteiger partial charge in [-0.2, -0.15) is 0 Å². The molecule has 0 bridgehead atoms. The second-order valence-electron chi connectivity index (χ2n) is 6.55. The van der Waals surface area contributed by atoms with E-state index in [1.54, 1.807) is 13.2 Å². The zero-order valence-corrected chi connectivity index (χ0v) is 14.7. The molecule has 5 nitrogen and oxygen atoms in total. The molecule has 0 spiro atoms. The predicted octanol–water partition coefficient (Wildman–Crippen LogP) is 4.54. The molecular formula is C22H17NO4. The van der Waals surface area contributed by atoms with E-state index < -0.39 is 6.10 Å². The van der Waals surface area contributed by atoms with Gasteiger partial charge in [0.1, 0.15) is 22.7 Å². The lowest BCUT2D eigenvalue weighted by Gasteiger charge is -2.14. The van der Waals surface area contributed by atoms with Crippen LogP contribution in [0.1, 0.15) is 5.56 Å². The maximum absolute atomic E-state index is 12.7. The molecule has 1 aromatic heterocycles. The van der Waals surface area contributed by atoms with E-state index in [1.807, 2.05) is 54.6 Å². The van der Waals surface area contributed by atoms with Crippen LogP contribution in [-0.4, -0.2) is 19.1 Å². The SMILES string of the molecule is COc1cc2c(cc1NC(=O)[C@H]1Cc3ccccc3O1)oc1ccccc12. The number of hydrogen-bond donors (Lipinski definition) is 1. The summed E-state index contributed by atoms with van der Waals surface area (Å²) in [5.41, 5.74) is 3.10. The molecule has 0 saturated carbocycles. The zero-order chi connectivity index (χ0) is 18.4. The fourth-order valence-electron chi connectivity index (χ4n) is 3.56. The lowest BCUT2D eigenvalue weighted by molar-refractivity contribution is -0.122. The highest BCUT2D eigenvalue weighted by atomic mass is 16.5. The molecule has 0 unspecified atom stereocenters. The Balaban J connectivity index is 1.47. The first-order chi connectivity index (χ1) is 13.2. The van der Waals surface area contributed by atoms with Crippen LogP contribution in [0.25, 0.3) is 21.9 Å². The summed E-state index contributed by atoms with van der Waals surface area (Å²) >= 11 is 0. The number of anilines is 1. The molecule has 134 valence electrons. The van der Waals surface area contributed by atoms with Gasteiger partial charge in [-0.05, 0) is 23.8 Å². The van der Waals surface area contributed by atoms with Crippen molar-refractivity contribution in [3.63, 3.8) is 0 Å². The topological polar surface area (TPSA) is 60.7 Å². The lowest BCUT2D eigenvalue weighted by Crippen LogP contribution is -2.31. The van der Waals surface area contributed by atoms with E-state index in [4.69, 9.17) is 13.9 Å². The minimum atomic E-state index is -0.557. The standard InChI is InChI=1S/C22H17NO4/c1-25-20-11-15-14-7-3-5-9-18(14)27-19(15)12-16(20)23-22(24)21-10-13-6-2-4-8-17(13)26-21/h2-9,11-12,21H,10H2,1H3,(H,23,24)/t21-/m1/s1. The van der Waals surface area contributed by atoms with Crippen molar-refractivity contribution in [1.29, 1.82) is 0 Å². The van der Waals surface area contributed by atoms with Crippen molar-refractivity contribution in [3.05, 3.63) is 66.2 Å².